The Labute approximate surface area is 149 Å². The fraction of sp³-hybridized carbons (Fsp3) is 0.611. The van der Waals surface area contributed by atoms with Crippen LogP contribution in [0.4, 0.5) is 5.69 Å². The Morgan fingerprint density at radius 2 is 2.08 bits per heavy atom. The molecule has 6 heteroatoms. The summed E-state index contributed by atoms with van der Waals surface area (Å²) in [6.45, 7) is 2.87. The zero-order valence-electron chi connectivity index (χ0n) is 14.2. The summed E-state index contributed by atoms with van der Waals surface area (Å²) in [6.07, 6.45) is 4.55. The average molecular weight is 355 g/mol. The van der Waals surface area contributed by atoms with Gasteiger partial charge in [-0.1, -0.05) is 12.8 Å². The lowest BCUT2D eigenvalue weighted by Gasteiger charge is -2.37. The molecule has 1 aliphatic heterocycles. The highest BCUT2D eigenvalue weighted by Crippen LogP contribution is 2.44. The summed E-state index contributed by atoms with van der Waals surface area (Å²) in [5.41, 5.74) is 0.617. The van der Waals surface area contributed by atoms with Crippen LogP contribution in [0.15, 0.2) is 24.3 Å². The molecule has 1 amide bonds. The zero-order chi connectivity index (χ0) is 16.1. The fourth-order valence-corrected chi connectivity index (χ4v) is 3.82. The Bertz CT molecular complexity index is 538. The Balaban J connectivity index is 0.00000208. The smallest absolute Gasteiger partial charge is 0.232 e. The third-order valence-corrected chi connectivity index (χ3v) is 5.16. The van der Waals surface area contributed by atoms with Gasteiger partial charge in [0.25, 0.3) is 0 Å². The zero-order valence-corrected chi connectivity index (χ0v) is 15.0. The molecule has 2 aliphatic rings. The van der Waals surface area contributed by atoms with Crippen molar-refractivity contribution in [2.75, 3.05) is 38.7 Å². The fourth-order valence-electron chi connectivity index (χ4n) is 3.82. The van der Waals surface area contributed by atoms with Crippen LogP contribution in [0.25, 0.3) is 0 Å². The van der Waals surface area contributed by atoms with Gasteiger partial charge in [-0.3, -0.25) is 4.79 Å². The summed E-state index contributed by atoms with van der Waals surface area (Å²) in [7, 11) is 1.65. The van der Waals surface area contributed by atoms with E-state index >= 15 is 0 Å². The molecule has 2 atom stereocenters. The molecule has 0 unspecified atom stereocenters. The Hall–Kier alpha value is -1.30. The Morgan fingerprint density at radius 1 is 1.29 bits per heavy atom. The number of carbonyl (C=O) groups excluding carboxylic acids is 1. The van der Waals surface area contributed by atoms with Gasteiger partial charge in [0.15, 0.2) is 0 Å². The number of nitrogens with one attached hydrogen (secondary N) is 2. The van der Waals surface area contributed by atoms with Gasteiger partial charge >= 0.3 is 0 Å². The number of benzene rings is 1. The van der Waals surface area contributed by atoms with Crippen molar-refractivity contribution in [1.29, 1.82) is 0 Å². The van der Waals surface area contributed by atoms with Crippen molar-refractivity contribution in [3.05, 3.63) is 24.3 Å². The highest BCUT2D eigenvalue weighted by Gasteiger charge is 2.49. The van der Waals surface area contributed by atoms with Crippen LogP contribution in [-0.4, -0.2) is 39.3 Å². The molecule has 2 fully saturated rings. The minimum absolute atomic E-state index is 0. The molecule has 2 N–H and O–H groups in total. The number of hydrogen-bond donors (Lipinski definition) is 2. The second-order valence-electron chi connectivity index (χ2n) is 6.55. The predicted molar refractivity (Wildman–Crippen MR) is 97.0 cm³/mol. The van der Waals surface area contributed by atoms with Crippen molar-refractivity contribution < 1.29 is 14.3 Å². The van der Waals surface area contributed by atoms with Crippen molar-refractivity contribution >= 4 is 24.0 Å². The normalized spacial score (nSPS) is 25.5. The average Bonchev–Trinajstić information content (AvgIpc) is 3.02. The summed E-state index contributed by atoms with van der Waals surface area (Å²) < 4.78 is 10.5. The lowest BCUT2D eigenvalue weighted by molar-refractivity contribution is -0.128. The van der Waals surface area contributed by atoms with Crippen LogP contribution < -0.4 is 15.4 Å². The van der Waals surface area contributed by atoms with Gasteiger partial charge in [0.05, 0.1) is 12.0 Å². The van der Waals surface area contributed by atoms with Crippen LogP contribution in [0.5, 0.6) is 5.75 Å². The summed E-state index contributed by atoms with van der Waals surface area (Å²) in [6, 6.07) is 7.57. The molecule has 1 aromatic rings. The van der Waals surface area contributed by atoms with Crippen LogP contribution in [0.1, 0.15) is 25.7 Å². The van der Waals surface area contributed by atoms with E-state index in [0.29, 0.717) is 19.1 Å². The van der Waals surface area contributed by atoms with E-state index in [9.17, 15) is 4.79 Å². The maximum atomic E-state index is 12.9. The SMILES string of the molecule is COCCOc1ccc(NC(=O)[C@@]23CCCC[C@H]2CNC3)cc1.Cl. The van der Waals surface area contributed by atoms with Crippen molar-refractivity contribution in [2.45, 2.75) is 25.7 Å². The number of halogens is 1. The number of methoxy groups -OCH3 is 1. The number of amides is 1. The third kappa shape index (κ3) is 4.02. The van der Waals surface area contributed by atoms with E-state index in [4.69, 9.17) is 9.47 Å². The lowest BCUT2D eigenvalue weighted by Crippen LogP contribution is -2.44. The molecule has 134 valence electrons. The number of anilines is 1. The first kappa shape index (κ1) is 19.0. The van der Waals surface area contributed by atoms with Crippen LogP contribution in [0, 0.1) is 11.3 Å². The maximum absolute atomic E-state index is 12.9. The number of rotatable bonds is 6. The van der Waals surface area contributed by atoms with Gasteiger partial charge in [-0.25, -0.2) is 0 Å². The topological polar surface area (TPSA) is 59.6 Å². The molecule has 0 radical (unpaired) electrons. The quantitative estimate of drug-likeness (QED) is 0.771. The number of carbonyl (C=O) groups is 1. The van der Waals surface area contributed by atoms with Gasteiger partial charge in [-0.15, -0.1) is 12.4 Å². The molecule has 0 aromatic heterocycles. The molecular formula is C18H27ClN2O3. The minimum atomic E-state index is -0.216. The standard InChI is InChI=1S/C18H26N2O3.ClH/c1-22-10-11-23-16-7-5-15(6-8-16)20-17(21)18-9-3-2-4-14(18)12-19-13-18;/h5-8,14,19H,2-4,9-13H2,1H3,(H,20,21);1H/t14-,18+;/m0./s1. The molecule has 3 rings (SSSR count). The van der Waals surface area contributed by atoms with E-state index in [0.717, 1.165) is 43.8 Å². The van der Waals surface area contributed by atoms with E-state index in [1.165, 1.54) is 6.42 Å². The largest absolute Gasteiger partial charge is 0.491 e. The second-order valence-corrected chi connectivity index (χ2v) is 6.55. The van der Waals surface area contributed by atoms with Crippen molar-refractivity contribution in [3.63, 3.8) is 0 Å². The molecule has 5 nitrogen and oxygen atoms in total. The van der Waals surface area contributed by atoms with Crippen molar-refractivity contribution in [2.24, 2.45) is 11.3 Å². The minimum Gasteiger partial charge on any atom is -0.491 e. The number of ether oxygens (including phenoxy) is 2. The summed E-state index contributed by atoms with van der Waals surface area (Å²) >= 11 is 0. The molecule has 1 aromatic carbocycles. The highest BCUT2D eigenvalue weighted by atomic mass is 35.5. The van der Waals surface area contributed by atoms with Crippen LogP contribution >= 0.6 is 12.4 Å². The molecule has 1 aliphatic carbocycles. The molecular weight excluding hydrogens is 328 g/mol. The number of hydrogen-bond acceptors (Lipinski definition) is 4. The van der Waals surface area contributed by atoms with E-state index in [-0.39, 0.29) is 23.7 Å². The Kier molecular flexibility index (Phi) is 6.90. The van der Waals surface area contributed by atoms with Crippen LogP contribution in [0.3, 0.4) is 0 Å². The maximum Gasteiger partial charge on any atom is 0.232 e. The van der Waals surface area contributed by atoms with Crippen LogP contribution in [0.2, 0.25) is 0 Å². The first-order valence-electron chi connectivity index (χ1n) is 8.48. The van der Waals surface area contributed by atoms with Gasteiger partial charge in [-0.2, -0.15) is 0 Å². The Morgan fingerprint density at radius 3 is 2.83 bits per heavy atom. The molecule has 1 saturated carbocycles. The van der Waals surface area contributed by atoms with Gasteiger partial charge in [0.1, 0.15) is 12.4 Å². The summed E-state index contributed by atoms with van der Waals surface area (Å²) in [5, 5.41) is 6.53. The van der Waals surface area contributed by atoms with E-state index in [1.807, 2.05) is 24.3 Å². The summed E-state index contributed by atoms with van der Waals surface area (Å²) in [5.74, 6) is 1.43. The molecule has 0 bridgehead atoms. The van der Waals surface area contributed by atoms with Gasteiger partial charge in [-0.05, 0) is 49.6 Å². The van der Waals surface area contributed by atoms with E-state index < -0.39 is 0 Å². The monoisotopic (exact) mass is 354 g/mol. The first-order valence-corrected chi connectivity index (χ1v) is 8.48. The van der Waals surface area contributed by atoms with Crippen molar-refractivity contribution in [3.8, 4) is 5.75 Å². The van der Waals surface area contributed by atoms with Crippen LogP contribution in [-0.2, 0) is 9.53 Å². The summed E-state index contributed by atoms with van der Waals surface area (Å²) in [4.78, 5) is 12.9. The van der Waals surface area contributed by atoms with Gasteiger partial charge in [0, 0.05) is 19.3 Å². The number of fused-ring (bicyclic) bond motifs is 1. The first-order chi connectivity index (χ1) is 11.2. The molecule has 1 saturated heterocycles. The molecule has 1 heterocycles. The molecule has 24 heavy (non-hydrogen) atoms. The van der Waals surface area contributed by atoms with Gasteiger partial charge in [0.2, 0.25) is 5.91 Å². The predicted octanol–water partition coefficient (Wildman–Crippen LogP) is 2.85. The second kappa shape index (κ2) is 8.70. The lowest BCUT2D eigenvalue weighted by atomic mass is 9.67. The van der Waals surface area contributed by atoms with Gasteiger partial charge < -0.3 is 20.1 Å². The molecule has 0 spiro atoms. The van der Waals surface area contributed by atoms with Crippen molar-refractivity contribution in [1.82, 2.24) is 5.32 Å². The highest BCUT2D eigenvalue weighted by molar-refractivity contribution is 5.96. The van der Waals surface area contributed by atoms with E-state index in [1.54, 1.807) is 7.11 Å². The third-order valence-electron chi connectivity index (χ3n) is 5.16. The van der Waals surface area contributed by atoms with E-state index in [2.05, 4.69) is 10.6 Å².